The zero-order chi connectivity index (χ0) is 16.0. The number of likely N-dealkylation sites (N-methyl/N-ethyl adjacent to an activating group) is 1. The first-order valence-electron chi connectivity index (χ1n) is 6.45. The lowest BCUT2D eigenvalue weighted by Gasteiger charge is -2.27. The van der Waals surface area contributed by atoms with Crippen LogP contribution >= 0.6 is 48.8 Å². The van der Waals surface area contributed by atoms with E-state index in [0.717, 1.165) is 46.3 Å². The summed E-state index contributed by atoms with van der Waals surface area (Å²) in [5.74, 6) is 0.617. The summed E-state index contributed by atoms with van der Waals surface area (Å²) in [5.41, 5.74) is 11.4. The predicted molar refractivity (Wildman–Crippen MR) is 98.0 cm³/mol. The Bertz CT molecular complexity index is 431. The van der Waals surface area contributed by atoms with Gasteiger partial charge < -0.3 is 16.4 Å². The molecule has 1 rings (SSSR count). The third-order valence-electron chi connectivity index (χ3n) is 2.89. The molecule has 5 nitrogen and oxygen atoms in total. The van der Waals surface area contributed by atoms with Gasteiger partial charge in [0.25, 0.3) is 0 Å². The minimum absolute atomic E-state index is 0.117. The number of thioether (sulfide) groups is 2. The number of nitrogens with two attached hydrogens (primary N) is 2. The molecule has 0 saturated carbocycles. The van der Waals surface area contributed by atoms with Crippen LogP contribution in [0.15, 0.2) is 9.81 Å². The van der Waals surface area contributed by atoms with Gasteiger partial charge in [0.15, 0.2) is 0 Å². The van der Waals surface area contributed by atoms with Crippen molar-refractivity contribution in [2.24, 2.45) is 11.5 Å². The molecule has 4 N–H and O–H groups in total. The first-order chi connectivity index (χ1) is 9.88. The Labute approximate surface area is 144 Å². The monoisotopic (exact) mass is 367 g/mol. The summed E-state index contributed by atoms with van der Waals surface area (Å²) in [7, 11) is 1.98. The maximum absolute atomic E-state index is 12.0. The number of hydrogen-bond acceptors (Lipinski definition) is 9. The Kier molecular flexibility index (Phi) is 8.77. The normalized spacial score (nSPS) is 19.5. The van der Waals surface area contributed by atoms with E-state index < -0.39 is 12.1 Å². The van der Waals surface area contributed by atoms with E-state index in [1.807, 2.05) is 7.05 Å². The van der Waals surface area contributed by atoms with Crippen molar-refractivity contribution in [3.8, 4) is 0 Å². The van der Waals surface area contributed by atoms with E-state index in [1.165, 1.54) is 0 Å². The first-order valence-corrected chi connectivity index (χ1v) is 9.35. The zero-order valence-electron chi connectivity index (χ0n) is 11.8. The Morgan fingerprint density at radius 2 is 1.62 bits per heavy atom. The highest BCUT2D eigenvalue weighted by Crippen LogP contribution is 2.35. The van der Waals surface area contributed by atoms with Crippen LogP contribution in [0.2, 0.25) is 0 Å². The van der Waals surface area contributed by atoms with Crippen molar-refractivity contribution >= 4 is 59.0 Å². The van der Waals surface area contributed by atoms with Crippen LogP contribution in [-0.2, 0) is 9.59 Å². The fourth-order valence-corrected chi connectivity index (χ4v) is 4.24. The van der Waals surface area contributed by atoms with E-state index in [1.54, 1.807) is 0 Å². The second-order valence-corrected chi connectivity index (χ2v) is 7.68. The molecule has 0 aliphatic carbocycles. The van der Waals surface area contributed by atoms with Gasteiger partial charge in [-0.15, -0.1) is 0 Å². The van der Waals surface area contributed by atoms with E-state index in [0.29, 0.717) is 18.1 Å². The molecule has 9 heteroatoms. The summed E-state index contributed by atoms with van der Waals surface area (Å²) in [5, 5.41) is -0.243. The van der Waals surface area contributed by atoms with Gasteiger partial charge in [-0.3, -0.25) is 9.59 Å². The van der Waals surface area contributed by atoms with Gasteiger partial charge in [0.05, 0.1) is 12.1 Å². The molecule has 0 fully saturated rings. The van der Waals surface area contributed by atoms with Gasteiger partial charge >= 0.3 is 0 Å². The Morgan fingerprint density at radius 1 is 1.14 bits per heavy atom. The fourth-order valence-electron chi connectivity index (χ4n) is 1.58. The van der Waals surface area contributed by atoms with Crippen molar-refractivity contribution in [1.29, 1.82) is 0 Å². The summed E-state index contributed by atoms with van der Waals surface area (Å²) >= 11 is 10.3. The third kappa shape index (κ3) is 6.17. The van der Waals surface area contributed by atoms with E-state index in [9.17, 15) is 9.59 Å². The highest BCUT2D eigenvalue weighted by molar-refractivity contribution is 8.20. The lowest BCUT2D eigenvalue weighted by atomic mass is 10.2. The zero-order valence-corrected chi connectivity index (χ0v) is 15.2. The van der Waals surface area contributed by atoms with E-state index in [2.05, 4.69) is 30.2 Å². The highest BCUT2D eigenvalue weighted by Gasteiger charge is 2.25. The molecule has 120 valence electrons. The maximum Gasteiger partial charge on any atom is 0.210 e. The first kappa shape index (κ1) is 19.4. The molecule has 1 heterocycles. The highest BCUT2D eigenvalue weighted by atomic mass is 32.2. The summed E-state index contributed by atoms with van der Waals surface area (Å²) in [6, 6.07) is -1.19. The Balaban J connectivity index is 2.84. The molecule has 0 saturated heterocycles. The molecular formula is C12H21N3O2S4. The molecular weight excluding hydrogens is 346 g/mol. The smallest absolute Gasteiger partial charge is 0.210 e. The van der Waals surface area contributed by atoms with E-state index >= 15 is 0 Å². The molecule has 0 aromatic heterocycles. The lowest BCUT2D eigenvalue weighted by molar-refractivity contribution is -0.112. The lowest BCUT2D eigenvalue weighted by Crippen LogP contribution is -2.33. The van der Waals surface area contributed by atoms with Crippen LogP contribution in [0.5, 0.6) is 0 Å². The third-order valence-corrected chi connectivity index (χ3v) is 6.13. The van der Waals surface area contributed by atoms with Crippen molar-refractivity contribution in [3.63, 3.8) is 0 Å². The molecule has 2 atom stereocenters. The fraction of sp³-hybridized carbons (Fsp3) is 0.667. The van der Waals surface area contributed by atoms with Crippen LogP contribution in [0.25, 0.3) is 0 Å². The van der Waals surface area contributed by atoms with Gasteiger partial charge in [0, 0.05) is 34.4 Å². The molecule has 0 unspecified atom stereocenters. The molecule has 1 aliphatic rings. The van der Waals surface area contributed by atoms with Crippen LogP contribution in [0, 0.1) is 0 Å². The number of carbonyl (C=O) groups excluding carboxylic acids is 2. The van der Waals surface area contributed by atoms with Gasteiger partial charge in [0.2, 0.25) is 10.2 Å². The summed E-state index contributed by atoms with van der Waals surface area (Å²) in [6.07, 6.45) is 0.734. The van der Waals surface area contributed by atoms with Crippen molar-refractivity contribution < 1.29 is 9.59 Å². The standard InChI is InChI=1S/C12H21N3O2S4/c1-15-3-2-9(20-11(16)7(13)5-18)10(4-15)21-12(17)8(14)6-19/h7-8,18-19H,2-6,13-14H2,1H3/t7-,8-/m0/s1. The van der Waals surface area contributed by atoms with Crippen molar-refractivity contribution in [2.45, 2.75) is 18.5 Å². The van der Waals surface area contributed by atoms with E-state index in [4.69, 9.17) is 11.5 Å². The van der Waals surface area contributed by atoms with Gasteiger partial charge in [-0.25, -0.2) is 0 Å². The van der Waals surface area contributed by atoms with Crippen LogP contribution in [0.4, 0.5) is 0 Å². The van der Waals surface area contributed by atoms with Crippen LogP contribution in [0.3, 0.4) is 0 Å². The summed E-state index contributed by atoms with van der Waals surface area (Å²) < 4.78 is 0. The number of rotatable bonds is 6. The predicted octanol–water partition coefficient (Wildman–Crippen LogP) is 0.567. The van der Waals surface area contributed by atoms with Gasteiger partial charge in [-0.1, -0.05) is 23.5 Å². The maximum atomic E-state index is 12.0. The minimum atomic E-state index is -0.597. The molecule has 0 bridgehead atoms. The SMILES string of the molecule is CN1CCC(SC(=O)[C@@H](N)CS)=C(SC(=O)[C@@H](N)CS)C1. The van der Waals surface area contributed by atoms with Crippen molar-refractivity contribution in [2.75, 3.05) is 31.6 Å². The minimum Gasteiger partial charge on any atom is -0.320 e. The molecule has 0 amide bonds. The second-order valence-electron chi connectivity index (χ2n) is 4.75. The Hall–Kier alpha value is 0.360. The average Bonchev–Trinajstić information content (AvgIpc) is 2.47. The average molecular weight is 368 g/mol. The summed E-state index contributed by atoms with van der Waals surface area (Å²) in [6.45, 7) is 1.49. The largest absolute Gasteiger partial charge is 0.320 e. The molecule has 0 aromatic carbocycles. The van der Waals surface area contributed by atoms with Crippen LogP contribution in [0.1, 0.15) is 6.42 Å². The van der Waals surface area contributed by atoms with Crippen molar-refractivity contribution in [3.05, 3.63) is 9.81 Å². The number of nitrogens with zero attached hydrogens (tertiary/aromatic N) is 1. The Morgan fingerprint density at radius 3 is 2.10 bits per heavy atom. The van der Waals surface area contributed by atoms with Gasteiger partial charge in [-0.05, 0) is 13.5 Å². The molecule has 0 aromatic rings. The molecule has 0 radical (unpaired) electrons. The molecule has 21 heavy (non-hydrogen) atoms. The van der Waals surface area contributed by atoms with Gasteiger partial charge in [-0.2, -0.15) is 25.3 Å². The van der Waals surface area contributed by atoms with Gasteiger partial charge in [0.1, 0.15) is 0 Å². The number of carbonyl (C=O) groups is 2. The van der Waals surface area contributed by atoms with Crippen molar-refractivity contribution in [1.82, 2.24) is 4.90 Å². The quantitative estimate of drug-likeness (QED) is 0.510. The van der Waals surface area contributed by atoms with E-state index in [-0.39, 0.29) is 10.2 Å². The topological polar surface area (TPSA) is 89.4 Å². The second kappa shape index (κ2) is 9.49. The number of hydrogen-bond donors (Lipinski definition) is 4. The number of thiol groups is 2. The summed E-state index contributed by atoms with van der Waals surface area (Å²) in [4.78, 5) is 27.8. The van der Waals surface area contributed by atoms with Crippen LogP contribution < -0.4 is 11.5 Å². The molecule has 0 spiro atoms. The van der Waals surface area contributed by atoms with Crippen LogP contribution in [-0.4, -0.2) is 58.9 Å². The molecule has 1 aliphatic heterocycles.